The Labute approximate surface area is 199 Å². The molecule has 0 saturated heterocycles. The van der Waals surface area contributed by atoms with Crippen LogP contribution in [0, 0.1) is 0 Å². The van der Waals surface area contributed by atoms with Gasteiger partial charge in [-0.05, 0) is 61.9 Å². The molecule has 7 heteroatoms. The van der Waals surface area contributed by atoms with Gasteiger partial charge in [-0.15, -0.1) is 23.2 Å². The molecular formula is C25H27Cl2NO4. The van der Waals surface area contributed by atoms with E-state index in [1.54, 1.807) is 12.2 Å². The molecule has 0 aliphatic carbocycles. The molecule has 1 aliphatic rings. The van der Waals surface area contributed by atoms with E-state index in [4.69, 9.17) is 37.4 Å². The Morgan fingerprint density at radius 1 is 0.969 bits per heavy atom. The molecule has 0 amide bonds. The van der Waals surface area contributed by atoms with Gasteiger partial charge in [-0.25, -0.2) is 4.79 Å². The average Bonchev–Trinajstić information content (AvgIpc) is 3.15. The zero-order valence-electron chi connectivity index (χ0n) is 18.3. The minimum Gasteiger partial charge on any atom is -0.494 e. The number of alkyl halides is 2. The van der Waals surface area contributed by atoms with Crippen molar-refractivity contribution in [1.82, 2.24) is 0 Å². The number of hydrogen-bond donors (Lipinski definition) is 0. The molecule has 0 saturated carbocycles. The van der Waals surface area contributed by atoms with Gasteiger partial charge in [0.1, 0.15) is 17.3 Å². The summed E-state index contributed by atoms with van der Waals surface area (Å²) < 4.78 is 16.9. The van der Waals surface area contributed by atoms with Crippen molar-refractivity contribution in [3.8, 4) is 11.5 Å². The molecule has 1 heterocycles. The normalized spacial score (nSPS) is 14.3. The minimum absolute atomic E-state index is 0.403. The summed E-state index contributed by atoms with van der Waals surface area (Å²) in [6.45, 7) is 6.31. The maximum atomic E-state index is 12.5. The number of carbonyl (C=O) groups is 1. The van der Waals surface area contributed by atoms with E-state index in [0.717, 1.165) is 24.3 Å². The standard InChI is InChI=1S/C25H27Cl2NO4/c1-3-30-21-9-10-23(31-4-2)22(17-21)24-16-19(25(29)32-24)15-18-5-7-20(8-6-18)28(13-11-26)14-12-27/h5-10,15-17H,3-4,11-14H2,1-2H3. The van der Waals surface area contributed by atoms with Crippen molar-refractivity contribution in [3.63, 3.8) is 0 Å². The van der Waals surface area contributed by atoms with Crippen LogP contribution >= 0.6 is 23.2 Å². The Balaban J connectivity index is 1.87. The molecular weight excluding hydrogens is 449 g/mol. The molecule has 5 nitrogen and oxygen atoms in total. The van der Waals surface area contributed by atoms with Gasteiger partial charge >= 0.3 is 5.97 Å². The van der Waals surface area contributed by atoms with E-state index in [-0.39, 0.29) is 0 Å². The zero-order chi connectivity index (χ0) is 22.9. The van der Waals surface area contributed by atoms with Crippen molar-refractivity contribution in [3.05, 3.63) is 65.2 Å². The second-order valence-electron chi connectivity index (χ2n) is 6.98. The SMILES string of the molecule is CCOc1ccc(OCC)c(C2=CC(=Cc3ccc(N(CCCl)CCCl)cc3)C(=O)O2)c1. The quantitative estimate of drug-likeness (QED) is 0.235. The molecule has 0 atom stereocenters. The van der Waals surface area contributed by atoms with Crippen molar-refractivity contribution >= 4 is 46.7 Å². The lowest BCUT2D eigenvalue weighted by Crippen LogP contribution is -2.27. The van der Waals surface area contributed by atoms with Gasteiger partial charge in [-0.3, -0.25) is 0 Å². The molecule has 170 valence electrons. The number of hydrogen-bond acceptors (Lipinski definition) is 5. The van der Waals surface area contributed by atoms with Crippen LogP contribution in [0.2, 0.25) is 0 Å². The van der Waals surface area contributed by atoms with E-state index in [9.17, 15) is 4.79 Å². The van der Waals surface area contributed by atoms with Crippen LogP contribution in [0.3, 0.4) is 0 Å². The third-order valence-electron chi connectivity index (χ3n) is 4.84. The number of cyclic esters (lactones) is 1. The molecule has 0 unspecified atom stereocenters. The predicted molar refractivity (Wildman–Crippen MR) is 131 cm³/mol. The molecule has 0 fully saturated rings. The Morgan fingerprint density at radius 2 is 1.66 bits per heavy atom. The van der Waals surface area contributed by atoms with Crippen LogP contribution in [0.25, 0.3) is 11.8 Å². The molecule has 0 aromatic heterocycles. The van der Waals surface area contributed by atoms with E-state index in [1.165, 1.54) is 0 Å². The summed E-state index contributed by atoms with van der Waals surface area (Å²) in [6, 6.07) is 13.4. The lowest BCUT2D eigenvalue weighted by molar-refractivity contribution is -0.130. The summed E-state index contributed by atoms with van der Waals surface area (Å²) in [4.78, 5) is 14.7. The number of esters is 1. The van der Waals surface area contributed by atoms with E-state index in [0.29, 0.717) is 53.4 Å². The zero-order valence-corrected chi connectivity index (χ0v) is 19.8. The maximum absolute atomic E-state index is 12.5. The Morgan fingerprint density at radius 3 is 2.28 bits per heavy atom. The average molecular weight is 476 g/mol. The Bertz CT molecular complexity index is 980. The second kappa shape index (κ2) is 11.8. The molecule has 1 aliphatic heterocycles. The van der Waals surface area contributed by atoms with Gasteiger partial charge in [0.2, 0.25) is 0 Å². The van der Waals surface area contributed by atoms with E-state index in [1.807, 2.05) is 56.3 Å². The highest BCUT2D eigenvalue weighted by Crippen LogP contribution is 2.35. The lowest BCUT2D eigenvalue weighted by Gasteiger charge is -2.22. The number of halogens is 2. The smallest absolute Gasteiger partial charge is 0.343 e. The molecule has 0 N–H and O–H groups in total. The van der Waals surface area contributed by atoms with Crippen molar-refractivity contribution in [1.29, 1.82) is 0 Å². The van der Waals surface area contributed by atoms with Crippen LogP contribution < -0.4 is 14.4 Å². The Kier molecular flexibility index (Phi) is 8.89. The molecule has 0 radical (unpaired) electrons. The number of ether oxygens (including phenoxy) is 3. The highest BCUT2D eigenvalue weighted by Gasteiger charge is 2.25. The van der Waals surface area contributed by atoms with Crippen molar-refractivity contribution in [2.45, 2.75) is 13.8 Å². The van der Waals surface area contributed by atoms with E-state index < -0.39 is 5.97 Å². The highest BCUT2D eigenvalue weighted by molar-refractivity contribution is 6.18. The first-order valence-electron chi connectivity index (χ1n) is 10.6. The van der Waals surface area contributed by atoms with Crippen LogP contribution in [0.1, 0.15) is 25.0 Å². The number of nitrogens with zero attached hydrogens (tertiary/aromatic N) is 1. The monoisotopic (exact) mass is 475 g/mol. The van der Waals surface area contributed by atoms with Gasteiger partial charge in [0.05, 0.1) is 24.4 Å². The second-order valence-corrected chi connectivity index (χ2v) is 7.73. The fourth-order valence-electron chi connectivity index (χ4n) is 3.40. The Hall–Kier alpha value is -2.63. The van der Waals surface area contributed by atoms with Crippen LogP contribution in [0.4, 0.5) is 5.69 Å². The van der Waals surface area contributed by atoms with Crippen LogP contribution in [0.5, 0.6) is 11.5 Å². The number of benzene rings is 2. The molecule has 0 spiro atoms. The first-order valence-corrected chi connectivity index (χ1v) is 11.7. The van der Waals surface area contributed by atoms with Gasteiger partial charge < -0.3 is 19.1 Å². The summed E-state index contributed by atoms with van der Waals surface area (Å²) in [7, 11) is 0. The van der Waals surface area contributed by atoms with Gasteiger partial charge in [0.15, 0.2) is 0 Å². The van der Waals surface area contributed by atoms with Crippen molar-refractivity contribution in [2.75, 3.05) is 43.0 Å². The van der Waals surface area contributed by atoms with Crippen molar-refractivity contribution < 1.29 is 19.0 Å². The molecule has 32 heavy (non-hydrogen) atoms. The maximum Gasteiger partial charge on any atom is 0.343 e. The predicted octanol–water partition coefficient (Wildman–Crippen LogP) is 5.75. The van der Waals surface area contributed by atoms with E-state index >= 15 is 0 Å². The topological polar surface area (TPSA) is 48.0 Å². The highest BCUT2D eigenvalue weighted by atomic mass is 35.5. The van der Waals surface area contributed by atoms with Crippen LogP contribution in [-0.2, 0) is 9.53 Å². The summed E-state index contributed by atoms with van der Waals surface area (Å²) in [5.41, 5.74) is 3.08. The van der Waals surface area contributed by atoms with Crippen LogP contribution in [-0.4, -0.2) is 44.0 Å². The first-order chi connectivity index (χ1) is 15.6. The van der Waals surface area contributed by atoms with Crippen LogP contribution in [0.15, 0.2) is 54.1 Å². The summed E-state index contributed by atoms with van der Waals surface area (Å²) in [5.74, 6) is 2.42. The summed E-state index contributed by atoms with van der Waals surface area (Å²) >= 11 is 11.8. The molecule has 2 aromatic carbocycles. The molecule has 2 aromatic rings. The third-order valence-corrected chi connectivity index (χ3v) is 5.18. The fourth-order valence-corrected chi connectivity index (χ4v) is 3.80. The fraction of sp³-hybridized carbons (Fsp3) is 0.320. The van der Waals surface area contributed by atoms with Gasteiger partial charge in [0.25, 0.3) is 0 Å². The van der Waals surface area contributed by atoms with Gasteiger partial charge in [-0.1, -0.05) is 12.1 Å². The lowest BCUT2D eigenvalue weighted by atomic mass is 10.1. The summed E-state index contributed by atoms with van der Waals surface area (Å²) in [6.07, 6.45) is 3.54. The number of anilines is 1. The summed E-state index contributed by atoms with van der Waals surface area (Å²) in [5, 5.41) is 0. The molecule has 3 rings (SSSR count). The number of rotatable bonds is 11. The first kappa shape index (κ1) is 24.0. The van der Waals surface area contributed by atoms with Gasteiger partial charge in [0, 0.05) is 30.5 Å². The van der Waals surface area contributed by atoms with Crippen molar-refractivity contribution in [2.24, 2.45) is 0 Å². The number of carbonyl (C=O) groups excluding carboxylic acids is 1. The largest absolute Gasteiger partial charge is 0.494 e. The molecule has 0 bridgehead atoms. The van der Waals surface area contributed by atoms with E-state index in [2.05, 4.69) is 4.90 Å². The third kappa shape index (κ3) is 5.99. The van der Waals surface area contributed by atoms with Gasteiger partial charge in [-0.2, -0.15) is 0 Å². The minimum atomic E-state index is -0.403.